The Morgan fingerprint density at radius 1 is 1.24 bits per heavy atom. The molecule has 94 valence electrons. The molecule has 1 rings (SSSR count). The number of benzene rings is 1. The molecule has 0 aliphatic carbocycles. The summed E-state index contributed by atoms with van der Waals surface area (Å²) in [6.07, 6.45) is -4.06. The van der Waals surface area contributed by atoms with Gasteiger partial charge in [0.25, 0.3) is 0 Å². The molecule has 1 aromatic rings. The molecule has 0 aliphatic heterocycles. The second-order valence-electron chi connectivity index (χ2n) is 3.60. The SMILES string of the molecule is CCNCCC(=O)c1ccc(C(F)(F)F)cc1. The fourth-order valence-corrected chi connectivity index (χ4v) is 1.37. The number of nitrogens with one attached hydrogen (secondary N) is 1. The van der Waals surface area contributed by atoms with Crippen LogP contribution in [-0.2, 0) is 6.18 Å². The molecule has 0 atom stereocenters. The number of ketones is 1. The smallest absolute Gasteiger partial charge is 0.317 e. The molecule has 0 aliphatic rings. The van der Waals surface area contributed by atoms with Crippen molar-refractivity contribution in [2.75, 3.05) is 13.1 Å². The van der Waals surface area contributed by atoms with Crippen LogP contribution < -0.4 is 5.32 Å². The van der Waals surface area contributed by atoms with E-state index in [-0.39, 0.29) is 5.78 Å². The third-order valence-corrected chi connectivity index (χ3v) is 2.31. The summed E-state index contributed by atoms with van der Waals surface area (Å²) in [5.74, 6) is -0.153. The van der Waals surface area contributed by atoms with Gasteiger partial charge in [-0.2, -0.15) is 13.2 Å². The summed E-state index contributed by atoms with van der Waals surface area (Å²) >= 11 is 0. The number of rotatable bonds is 5. The zero-order valence-corrected chi connectivity index (χ0v) is 9.47. The van der Waals surface area contributed by atoms with Crippen LogP contribution >= 0.6 is 0 Å². The molecule has 1 aromatic carbocycles. The van der Waals surface area contributed by atoms with Crippen molar-refractivity contribution in [3.8, 4) is 0 Å². The summed E-state index contributed by atoms with van der Waals surface area (Å²) in [7, 11) is 0. The summed E-state index contributed by atoms with van der Waals surface area (Å²) in [5, 5.41) is 2.98. The molecular formula is C12H14F3NO. The van der Waals surface area contributed by atoms with Gasteiger partial charge in [-0.25, -0.2) is 0 Å². The molecule has 0 aromatic heterocycles. The van der Waals surface area contributed by atoms with Crippen molar-refractivity contribution in [3.05, 3.63) is 35.4 Å². The highest BCUT2D eigenvalue weighted by atomic mass is 19.4. The van der Waals surface area contributed by atoms with Crippen molar-refractivity contribution in [1.82, 2.24) is 5.32 Å². The molecule has 0 heterocycles. The summed E-state index contributed by atoms with van der Waals surface area (Å²) < 4.78 is 36.8. The van der Waals surface area contributed by atoms with E-state index in [4.69, 9.17) is 0 Å². The van der Waals surface area contributed by atoms with E-state index in [2.05, 4.69) is 5.32 Å². The van der Waals surface area contributed by atoms with Gasteiger partial charge < -0.3 is 5.32 Å². The molecule has 0 radical (unpaired) electrons. The molecule has 0 unspecified atom stereocenters. The van der Waals surface area contributed by atoms with Crippen LogP contribution in [0.25, 0.3) is 0 Å². The van der Waals surface area contributed by atoms with E-state index in [0.717, 1.165) is 18.7 Å². The first kappa shape index (κ1) is 13.7. The fraction of sp³-hybridized carbons (Fsp3) is 0.417. The van der Waals surface area contributed by atoms with Crippen molar-refractivity contribution < 1.29 is 18.0 Å². The number of alkyl halides is 3. The Labute approximate surface area is 97.8 Å². The molecule has 2 nitrogen and oxygen atoms in total. The predicted octanol–water partition coefficient (Wildman–Crippen LogP) is 2.89. The van der Waals surface area contributed by atoms with E-state index in [9.17, 15) is 18.0 Å². The van der Waals surface area contributed by atoms with E-state index in [1.807, 2.05) is 6.92 Å². The van der Waals surface area contributed by atoms with Gasteiger partial charge in [0.15, 0.2) is 5.78 Å². The summed E-state index contributed by atoms with van der Waals surface area (Å²) in [6.45, 7) is 3.22. The first-order valence-electron chi connectivity index (χ1n) is 5.36. The van der Waals surface area contributed by atoms with E-state index in [1.165, 1.54) is 12.1 Å². The first-order chi connectivity index (χ1) is 7.95. The van der Waals surface area contributed by atoms with Crippen LogP contribution in [0.2, 0.25) is 0 Å². The van der Waals surface area contributed by atoms with Gasteiger partial charge in [0.2, 0.25) is 0 Å². The standard InChI is InChI=1S/C12H14F3NO/c1-2-16-8-7-11(17)9-3-5-10(6-4-9)12(13,14)15/h3-6,16H,2,7-8H2,1H3. The van der Waals surface area contributed by atoms with Crippen molar-refractivity contribution in [2.24, 2.45) is 0 Å². The lowest BCUT2D eigenvalue weighted by Gasteiger charge is -2.07. The number of hydrogen-bond acceptors (Lipinski definition) is 2. The van der Waals surface area contributed by atoms with Crippen molar-refractivity contribution >= 4 is 5.78 Å². The second-order valence-corrected chi connectivity index (χ2v) is 3.60. The number of Topliss-reactive ketones (excluding diaryl/α,β-unsaturated/α-hetero) is 1. The highest BCUT2D eigenvalue weighted by Gasteiger charge is 2.30. The molecule has 0 amide bonds. The quantitative estimate of drug-likeness (QED) is 0.638. The normalized spacial score (nSPS) is 11.5. The van der Waals surface area contributed by atoms with Gasteiger partial charge in [0.1, 0.15) is 0 Å². The van der Waals surface area contributed by atoms with Crippen molar-refractivity contribution in [2.45, 2.75) is 19.5 Å². The van der Waals surface area contributed by atoms with Gasteiger partial charge in [0.05, 0.1) is 5.56 Å². The zero-order chi connectivity index (χ0) is 12.9. The number of carbonyl (C=O) groups excluding carboxylic acids is 1. The highest BCUT2D eigenvalue weighted by molar-refractivity contribution is 5.96. The fourth-order valence-electron chi connectivity index (χ4n) is 1.37. The molecule has 0 fully saturated rings. The Hall–Kier alpha value is -1.36. The van der Waals surface area contributed by atoms with Gasteiger partial charge >= 0.3 is 6.18 Å². The Kier molecular flexibility index (Phi) is 4.69. The molecule has 0 saturated heterocycles. The Balaban J connectivity index is 2.64. The molecule has 17 heavy (non-hydrogen) atoms. The van der Waals surface area contributed by atoms with E-state index >= 15 is 0 Å². The van der Waals surface area contributed by atoms with Crippen LogP contribution in [-0.4, -0.2) is 18.9 Å². The molecular weight excluding hydrogens is 231 g/mol. The van der Waals surface area contributed by atoms with Gasteiger partial charge in [-0.05, 0) is 18.7 Å². The largest absolute Gasteiger partial charge is 0.416 e. The van der Waals surface area contributed by atoms with Gasteiger partial charge in [-0.15, -0.1) is 0 Å². The molecule has 1 N–H and O–H groups in total. The van der Waals surface area contributed by atoms with Gasteiger partial charge in [-0.3, -0.25) is 4.79 Å². The van der Waals surface area contributed by atoms with Gasteiger partial charge in [0, 0.05) is 18.5 Å². The van der Waals surface area contributed by atoms with E-state index in [1.54, 1.807) is 0 Å². The van der Waals surface area contributed by atoms with Gasteiger partial charge in [-0.1, -0.05) is 19.1 Å². The van der Waals surface area contributed by atoms with E-state index < -0.39 is 11.7 Å². The maximum absolute atomic E-state index is 12.3. The minimum absolute atomic E-state index is 0.153. The minimum atomic E-state index is -4.36. The summed E-state index contributed by atoms with van der Waals surface area (Å²) in [4.78, 5) is 11.6. The monoisotopic (exact) mass is 245 g/mol. The van der Waals surface area contributed by atoms with Crippen LogP contribution in [0.3, 0.4) is 0 Å². The lowest BCUT2D eigenvalue weighted by molar-refractivity contribution is -0.137. The van der Waals surface area contributed by atoms with Crippen LogP contribution in [0.15, 0.2) is 24.3 Å². The van der Waals surface area contributed by atoms with Crippen molar-refractivity contribution in [3.63, 3.8) is 0 Å². The third-order valence-electron chi connectivity index (χ3n) is 2.31. The first-order valence-corrected chi connectivity index (χ1v) is 5.36. The lowest BCUT2D eigenvalue weighted by Crippen LogP contribution is -2.17. The Morgan fingerprint density at radius 3 is 2.29 bits per heavy atom. The molecule has 0 bridgehead atoms. The second kappa shape index (κ2) is 5.82. The number of carbonyl (C=O) groups is 1. The zero-order valence-electron chi connectivity index (χ0n) is 9.47. The molecule has 0 saturated carbocycles. The molecule has 5 heteroatoms. The number of halogens is 3. The van der Waals surface area contributed by atoms with Crippen molar-refractivity contribution in [1.29, 1.82) is 0 Å². The summed E-state index contributed by atoms with van der Waals surface area (Å²) in [6, 6.07) is 4.30. The maximum Gasteiger partial charge on any atom is 0.416 e. The predicted molar refractivity (Wildman–Crippen MR) is 58.9 cm³/mol. The Bertz CT molecular complexity index is 370. The third kappa shape index (κ3) is 4.19. The van der Waals surface area contributed by atoms with Crippen LogP contribution in [0.5, 0.6) is 0 Å². The average molecular weight is 245 g/mol. The average Bonchev–Trinajstić information content (AvgIpc) is 2.28. The summed E-state index contributed by atoms with van der Waals surface area (Å²) in [5.41, 5.74) is -0.420. The highest BCUT2D eigenvalue weighted by Crippen LogP contribution is 2.29. The maximum atomic E-state index is 12.3. The molecule has 0 spiro atoms. The lowest BCUT2D eigenvalue weighted by atomic mass is 10.1. The number of hydrogen-bond donors (Lipinski definition) is 1. The van der Waals surface area contributed by atoms with Crippen LogP contribution in [0.1, 0.15) is 29.3 Å². The van der Waals surface area contributed by atoms with Crippen LogP contribution in [0.4, 0.5) is 13.2 Å². The minimum Gasteiger partial charge on any atom is -0.317 e. The van der Waals surface area contributed by atoms with Crippen LogP contribution in [0, 0.1) is 0 Å². The topological polar surface area (TPSA) is 29.1 Å². The Morgan fingerprint density at radius 2 is 1.82 bits per heavy atom. The van der Waals surface area contributed by atoms with E-state index in [0.29, 0.717) is 18.5 Å².